The second kappa shape index (κ2) is 4.32. The van der Waals surface area contributed by atoms with Crippen molar-refractivity contribution in [3.05, 3.63) is 18.3 Å². The summed E-state index contributed by atoms with van der Waals surface area (Å²) in [6.07, 6.45) is 3.59. The molecule has 5 heteroatoms. The first-order chi connectivity index (χ1) is 6.84. The van der Waals surface area contributed by atoms with Crippen LogP contribution in [0.25, 0.3) is 0 Å². The van der Waals surface area contributed by atoms with Gasteiger partial charge < -0.3 is 10.1 Å². The van der Waals surface area contributed by atoms with Gasteiger partial charge in [0, 0.05) is 19.2 Å². The van der Waals surface area contributed by atoms with E-state index in [1.165, 1.54) is 12.4 Å². The topological polar surface area (TPSA) is 47.0 Å². The van der Waals surface area contributed by atoms with Gasteiger partial charge in [-0.15, -0.1) is 0 Å². The van der Waals surface area contributed by atoms with Crippen LogP contribution in [0.5, 0.6) is 0 Å². The van der Waals surface area contributed by atoms with Crippen molar-refractivity contribution in [1.82, 2.24) is 9.97 Å². The fourth-order valence-electron chi connectivity index (χ4n) is 1.45. The number of hydrogen-bond acceptors (Lipinski definition) is 4. The van der Waals surface area contributed by atoms with Gasteiger partial charge in [-0.25, -0.2) is 9.97 Å². The summed E-state index contributed by atoms with van der Waals surface area (Å²) in [4.78, 5) is 7.25. The lowest BCUT2D eigenvalue weighted by Crippen LogP contribution is -2.19. The minimum atomic E-state index is -0.519. The third-order valence-electron chi connectivity index (χ3n) is 2.17. The third kappa shape index (κ3) is 2.38. The number of nitrogens with one attached hydrogen (secondary N) is 1. The summed E-state index contributed by atoms with van der Waals surface area (Å²) in [7, 11) is 0. The Morgan fingerprint density at radius 3 is 3.21 bits per heavy atom. The van der Waals surface area contributed by atoms with Crippen molar-refractivity contribution >= 4 is 5.82 Å². The zero-order valence-corrected chi connectivity index (χ0v) is 7.74. The predicted octanol–water partition coefficient (Wildman–Crippen LogP) is 1.21. The van der Waals surface area contributed by atoms with Crippen molar-refractivity contribution in [3.63, 3.8) is 0 Å². The van der Waals surface area contributed by atoms with E-state index in [0.29, 0.717) is 12.4 Å². The Bertz CT molecular complexity index is 302. The van der Waals surface area contributed by atoms with Crippen LogP contribution in [0.3, 0.4) is 0 Å². The van der Waals surface area contributed by atoms with Crippen LogP contribution in [0.15, 0.2) is 12.4 Å². The van der Waals surface area contributed by atoms with Crippen LogP contribution >= 0.6 is 0 Å². The number of anilines is 1. The molecule has 0 aliphatic carbocycles. The van der Waals surface area contributed by atoms with Gasteiger partial charge in [0.15, 0.2) is 0 Å². The zero-order chi connectivity index (χ0) is 9.80. The van der Waals surface area contributed by atoms with Gasteiger partial charge in [0.2, 0.25) is 5.95 Å². The predicted molar refractivity (Wildman–Crippen MR) is 49.5 cm³/mol. The maximum atomic E-state index is 12.6. The van der Waals surface area contributed by atoms with Crippen molar-refractivity contribution in [3.8, 4) is 0 Å². The number of rotatable bonds is 3. The fraction of sp³-hybridized carbons (Fsp3) is 0.556. The van der Waals surface area contributed by atoms with E-state index < -0.39 is 5.95 Å². The molecule has 0 spiro atoms. The molecular weight excluding hydrogens is 185 g/mol. The molecule has 0 radical (unpaired) electrons. The molecule has 2 rings (SSSR count). The Balaban J connectivity index is 1.85. The number of halogens is 1. The molecule has 76 valence electrons. The Hall–Kier alpha value is -1.23. The summed E-state index contributed by atoms with van der Waals surface area (Å²) >= 11 is 0. The quantitative estimate of drug-likeness (QED) is 0.740. The summed E-state index contributed by atoms with van der Waals surface area (Å²) in [5.41, 5.74) is 0. The SMILES string of the molecule is Fc1cc(NCC2CCCO2)ncn1. The van der Waals surface area contributed by atoms with Crippen molar-refractivity contribution in [2.75, 3.05) is 18.5 Å². The smallest absolute Gasteiger partial charge is 0.217 e. The standard InChI is InChI=1S/C9H12FN3O/c10-8-4-9(13-6-12-8)11-5-7-2-1-3-14-7/h4,6-7H,1-3,5H2,(H,11,12,13). The third-order valence-corrected chi connectivity index (χ3v) is 2.17. The second-order valence-electron chi connectivity index (χ2n) is 3.24. The zero-order valence-electron chi connectivity index (χ0n) is 7.74. The molecule has 1 aromatic rings. The summed E-state index contributed by atoms with van der Waals surface area (Å²) in [6, 6.07) is 1.27. The van der Waals surface area contributed by atoms with E-state index in [0.717, 1.165) is 19.4 Å². The molecule has 14 heavy (non-hydrogen) atoms. The van der Waals surface area contributed by atoms with Crippen LogP contribution in [0, 0.1) is 5.95 Å². The molecule has 1 atom stereocenters. The lowest BCUT2D eigenvalue weighted by molar-refractivity contribution is 0.120. The summed E-state index contributed by atoms with van der Waals surface area (Å²) in [6.45, 7) is 1.50. The Labute approximate surface area is 81.5 Å². The van der Waals surface area contributed by atoms with Gasteiger partial charge in [-0.3, -0.25) is 0 Å². The average molecular weight is 197 g/mol. The molecule has 1 aliphatic heterocycles. The molecule has 0 bridgehead atoms. The van der Waals surface area contributed by atoms with Gasteiger partial charge in [0.25, 0.3) is 0 Å². The van der Waals surface area contributed by atoms with Crippen LogP contribution in [-0.2, 0) is 4.74 Å². The van der Waals surface area contributed by atoms with Crippen LogP contribution in [-0.4, -0.2) is 29.2 Å². The number of hydrogen-bond donors (Lipinski definition) is 1. The first kappa shape index (κ1) is 9.33. The maximum Gasteiger partial charge on any atom is 0.217 e. The minimum absolute atomic E-state index is 0.230. The Morgan fingerprint density at radius 1 is 1.57 bits per heavy atom. The molecule has 2 heterocycles. The van der Waals surface area contributed by atoms with Crippen LogP contribution in [0.4, 0.5) is 10.2 Å². The van der Waals surface area contributed by atoms with Gasteiger partial charge in [-0.05, 0) is 12.8 Å². The molecule has 4 nitrogen and oxygen atoms in total. The molecule has 1 fully saturated rings. The molecule has 1 N–H and O–H groups in total. The molecule has 1 saturated heterocycles. The highest BCUT2D eigenvalue weighted by atomic mass is 19.1. The summed E-state index contributed by atoms with van der Waals surface area (Å²) in [5.74, 6) is -0.0113. The van der Waals surface area contributed by atoms with Crippen molar-refractivity contribution in [1.29, 1.82) is 0 Å². The largest absolute Gasteiger partial charge is 0.376 e. The molecule has 0 aromatic carbocycles. The van der Waals surface area contributed by atoms with E-state index in [2.05, 4.69) is 15.3 Å². The van der Waals surface area contributed by atoms with Gasteiger partial charge in [0.05, 0.1) is 6.10 Å². The molecule has 1 unspecified atom stereocenters. The van der Waals surface area contributed by atoms with Gasteiger partial charge in [-0.1, -0.05) is 0 Å². The first-order valence-corrected chi connectivity index (χ1v) is 4.67. The van der Waals surface area contributed by atoms with Gasteiger partial charge in [0.1, 0.15) is 12.1 Å². The highest BCUT2D eigenvalue weighted by Gasteiger charge is 2.14. The highest BCUT2D eigenvalue weighted by Crippen LogP contribution is 2.12. The van der Waals surface area contributed by atoms with Crippen LogP contribution in [0.2, 0.25) is 0 Å². The summed E-state index contributed by atoms with van der Waals surface area (Å²) < 4.78 is 18.1. The average Bonchev–Trinajstić information content (AvgIpc) is 2.67. The normalized spacial score (nSPS) is 21.1. The monoisotopic (exact) mass is 197 g/mol. The van der Waals surface area contributed by atoms with Gasteiger partial charge in [-0.2, -0.15) is 4.39 Å². The molecule has 1 aliphatic rings. The van der Waals surface area contributed by atoms with E-state index in [9.17, 15) is 4.39 Å². The number of aromatic nitrogens is 2. The van der Waals surface area contributed by atoms with E-state index >= 15 is 0 Å². The van der Waals surface area contributed by atoms with Crippen molar-refractivity contribution in [2.24, 2.45) is 0 Å². The van der Waals surface area contributed by atoms with Gasteiger partial charge >= 0.3 is 0 Å². The molecule has 1 aromatic heterocycles. The highest BCUT2D eigenvalue weighted by molar-refractivity contribution is 5.32. The molecule has 0 amide bonds. The number of ether oxygens (including phenoxy) is 1. The maximum absolute atomic E-state index is 12.6. The van der Waals surface area contributed by atoms with Crippen molar-refractivity contribution < 1.29 is 9.13 Å². The second-order valence-corrected chi connectivity index (χ2v) is 3.24. The minimum Gasteiger partial charge on any atom is -0.376 e. The Morgan fingerprint density at radius 2 is 2.50 bits per heavy atom. The van der Waals surface area contributed by atoms with Crippen molar-refractivity contribution in [2.45, 2.75) is 18.9 Å². The first-order valence-electron chi connectivity index (χ1n) is 4.67. The lowest BCUT2D eigenvalue weighted by Gasteiger charge is -2.10. The van der Waals surface area contributed by atoms with E-state index in [-0.39, 0.29) is 6.10 Å². The fourth-order valence-corrected chi connectivity index (χ4v) is 1.45. The lowest BCUT2D eigenvalue weighted by atomic mass is 10.2. The summed E-state index contributed by atoms with van der Waals surface area (Å²) in [5, 5.41) is 3.01. The van der Waals surface area contributed by atoms with E-state index in [4.69, 9.17) is 4.74 Å². The van der Waals surface area contributed by atoms with E-state index in [1.54, 1.807) is 0 Å². The number of nitrogens with zero attached hydrogens (tertiary/aromatic N) is 2. The van der Waals surface area contributed by atoms with Crippen LogP contribution in [0.1, 0.15) is 12.8 Å². The van der Waals surface area contributed by atoms with Crippen LogP contribution < -0.4 is 5.32 Å². The van der Waals surface area contributed by atoms with E-state index in [1.807, 2.05) is 0 Å². The molecular formula is C9H12FN3O. The molecule has 0 saturated carbocycles. The Kier molecular flexibility index (Phi) is 2.88.